The molecule has 2 rings (SSSR count). The van der Waals surface area contributed by atoms with Gasteiger partial charge in [0.2, 0.25) is 5.91 Å². The Morgan fingerprint density at radius 2 is 1.94 bits per heavy atom. The number of hydrogen-bond acceptors (Lipinski definition) is 2. The van der Waals surface area contributed by atoms with Crippen LogP contribution >= 0.6 is 0 Å². The molecule has 3 heteroatoms. The Labute approximate surface area is 107 Å². The van der Waals surface area contributed by atoms with Crippen LogP contribution in [0.1, 0.15) is 26.3 Å². The van der Waals surface area contributed by atoms with E-state index in [0.717, 1.165) is 16.5 Å². The van der Waals surface area contributed by atoms with Crippen LogP contribution in [-0.2, 0) is 11.2 Å². The average molecular weight is 242 g/mol. The molecule has 0 fully saturated rings. The van der Waals surface area contributed by atoms with E-state index >= 15 is 0 Å². The lowest BCUT2D eigenvalue weighted by atomic mass is 10.0. The van der Waals surface area contributed by atoms with Gasteiger partial charge in [-0.2, -0.15) is 0 Å². The van der Waals surface area contributed by atoms with Gasteiger partial charge in [-0.25, -0.2) is 0 Å². The van der Waals surface area contributed by atoms with E-state index in [1.165, 1.54) is 0 Å². The molecule has 18 heavy (non-hydrogen) atoms. The summed E-state index contributed by atoms with van der Waals surface area (Å²) in [6.45, 7) is 5.94. The Bertz CT molecular complexity index is 565. The molecule has 3 nitrogen and oxygen atoms in total. The van der Waals surface area contributed by atoms with Gasteiger partial charge in [-0.15, -0.1) is 0 Å². The summed E-state index contributed by atoms with van der Waals surface area (Å²) in [5.41, 5.74) is 1.67. The lowest BCUT2D eigenvalue weighted by molar-refractivity contribution is -0.121. The lowest BCUT2D eigenvalue weighted by Crippen LogP contribution is -2.41. The fourth-order valence-electron chi connectivity index (χ4n) is 1.95. The summed E-state index contributed by atoms with van der Waals surface area (Å²) in [5.74, 6) is 0.0284. The van der Waals surface area contributed by atoms with Crippen molar-refractivity contribution in [2.75, 3.05) is 0 Å². The summed E-state index contributed by atoms with van der Waals surface area (Å²) < 4.78 is 0. The summed E-state index contributed by atoms with van der Waals surface area (Å²) >= 11 is 0. The van der Waals surface area contributed by atoms with Crippen LogP contribution in [0.15, 0.2) is 36.5 Å². The van der Waals surface area contributed by atoms with Crippen LogP contribution in [0, 0.1) is 0 Å². The summed E-state index contributed by atoms with van der Waals surface area (Å²) in [4.78, 5) is 16.3. The maximum Gasteiger partial charge on any atom is 0.224 e. The number of amides is 1. The van der Waals surface area contributed by atoms with Gasteiger partial charge in [-0.05, 0) is 32.4 Å². The monoisotopic (exact) mass is 242 g/mol. The van der Waals surface area contributed by atoms with Crippen LogP contribution < -0.4 is 5.32 Å². The zero-order valence-corrected chi connectivity index (χ0v) is 11.0. The van der Waals surface area contributed by atoms with Crippen LogP contribution in [0.25, 0.3) is 10.9 Å². The van der Waals surface area contributed by atoms with Crippen LogP contribution in [0.3, 0.4) is 0 Å². The van der Waals surface area contributed by atoms with E-state index < -0.39 is 0 Å². The fraction of sp³-hybridized carbons (Fsp3) is 0.333. The van der Waals surface area contributed by atoms with Crippen molar-refractivity contribution in [3.05, 3.63) is 42.1 Å². The van der Waals surface area contributed by atoms with Crippen molar-refractivity contribution in [1.29, 1.82) is 0 Å². The molecule has 94 valence electrons. The highest BCUT2D eigenvalue weighted by molar-refractivity contribution is 5.87. The molecule has 1 aromatic heterocycles. The minimum atomic E-state index is -0.199. The van der Waals surface area contributed by atoms with E-state index in [0.29, 0.717) is 6.42 Å². The molecular formula is C15H18N2O. The Hall–Kier alpha value is -1.90. The second-order valence-corrected chi connectivity index (χ2v) is 5.47. The molecule has 0 aliphatic heterocycles. The van der Waals surface area contributed by atoms with Crippen molar-refractivity contribution in [2.45, 2.75) is 32.7 Å². The Kier molecular flexibility index (Phi) is 3.32. The minimum absolute atomic E-state index is 0.0284. The Morgan fingerprint density at radius 3 is 2.67 bits per heavy atom. The first-order valence-electron chi connectivity index (χ1n) is 6.09. The molecule has 0 radical (unpaired) electrons. The zero-order valence-electron chi connectivity index (χ0n) is 11.0. The van der Waals surface area contributed by atoms with Crippen molar-refractivity contribution in [3.8, 4) is 0 Å². The number of carbonyl (C=O) groups is 1. The second-order valence-electron chi connectivity index (χ2n) is 5.47. The molecule has 0 saturated heterocycles. The van der Waals surface area contributed by atoms with Gasteiger partial charge in [-0.1, -0.05) is 24.3 Å². The smallest absolute Gasteiger partial charge is 0.224 e. The maximum absolute atomic E-state index is 11.9. The Morgan fingerprint density at radius 1 is 1.22 bits per heavy atom. The van der Waals surface area contributed by atoms with Gasteiger partial charge in [0.05, 0.1) is 11.9 Å². The van der Waals surface area contributed by atoms with E-state index in [1.807, 2.05) is 51.1 Å². The number of carbonyl (C=O) groups excluding carboxylic acids is 1. The van der Waals surface area contributed by atoms with Gasteiger partial charge in [0, 0.05) is 17.1 Å². The van der Waals surface area contributed by atoms with Gasteiger partial charge in [0.15, 0.2) is 0 Å². The largest absolute Gasteiger partial charge is 0.351 e. The quantitative estimate of drug-likeness (QED) is 0.879. The van der Waals surface area contributed by atoms with E-state index in [2.05, 4.69) is 10.3 Å². The molecule has 1 N–H and O–H groups in total. The number of para-hydroxylation sites is 1. The van der Waals surface area contributed by atoms with E-state index in [1.54, 1.807) is 6.20 Å². The molecule has 2 aromatic rings. The number of fused-ring (bicyclic) bond motifs is 1. The highest BCUT2D eigenvalue weighted by Crippen LogP contribution is 2.16. The number of rotatable bonds is 2. The SMILES string of the molecule is CC(C)(C)NC(=O)Cc1cccc2cccnc12. The maximum atomic E-state index is 11.9. The van der Waals surface area contributed by atoms with E-state index in [-0.39, 0.29) is 11.4 Å². The second kappa shape index (κ2) is 4.77. The van der Waals surface area contributed by atoms with E-state index in [4.69, 9.17) is 0 Å². The van der Waals surface area contributed by atoms with Crippen molar-refractivity contribution >= 4 is 16.8 Å². The first kappa shape index (κ1) is 12.6. The number of nitrogens with zero attached hydrogens (tertiary/aromatic N) is 1. The number of aromatic nitrogens is 1. The third kappa shape index (κ3) is 3.06. The van der Waals surface area contributed by atoms with E-state index in [9.17, 15) is 4.79 Å². The molecule has 0 aliphatic rings. The van der Waals surface area contributed by atoms with Crippen LogP contribution in [0.2, 0.25) is 0 Å². The number of nitrogens with one attached hydrogen (secondary N) is 1. The summed E-state index contributed by atoms with van der Waals surface area (Å²) in [7, 11) is 0. The predicted octanol–water partition coefficient (Wildman–Crippen LogP) is 2.69. The molecule has 0 bridgehead atoms. The molecule has 1 amide bonds. The average Bonchev–Trinajstić information content (AvgIpc) is 2.27. The number of pyridine rings is 1. The Balaban J connectivity index is 2.24. The zero-order chi connectivity index (χ0) is 13.2. The van der Waals surface area contributed by atoms with Gasteiger partial charge in [0.1, 0.15) is 0 Å². The third-order valence-electron chi connectivity index (χ3n) is 2.58. The first-order chi connectivity index (χ1) is 8.46. The molecular weight excluding hydrogens is 224 g/mol. The van der Waals surface area contributed by atoms with Gasteiger partial charge in [-0.3, -0.25) is 9.78 Å². The standard InChI is InChI=1S/C15H18N2O/c1-15(2,3)17-13(18)10-12-7-4-6-11-8-5-9-16-14(11)12/h4-9H,10H2,1-3H3,(H,17,18). The van der Waals surface area contributed by atoms with Crippen LogP contribution in [-0.4, -0.2) is 16.4 Å². The summed E-state index contributed by atoms with van der Waals surface area (Å²) in [6.07, 6.45) is 2.12. The topological polar surface area (TPSA) is 42.0 Å². The predicted molar refractivity (Wildman–Crippen MR) is 73.3 cm³/mol. The normalized spacial score (nSPS) is 11.5. The number of hydrogen-bond donors (Lipinski definition) is 1. The third-order valence-corrected chi connectivity index (χ3v) is 2.58. The molecule has 0 saturated carbocycles. The molecule has 1 aromatic carbocycles. The molecule has 0 unspecified atom stereocenters. The van der Waals surface area contributed by atoms with Crippen molar-refractivity contribution in [2.24, 2.45) is 0 Å². The molecule has 0 atom stereocenters. The highest BCUT2D eigenvalue weighted by atomic mass is 16.1. The van der Waals surface area contributed by atoms with Gasteiger partial charge in [0.25, 0.3) is 0 Å². The lowest BCUT2D eigenvalue weighted by Gasteiger charge is -2.20. The highest BCUT2D eigenvalue weighted by Gasteiger charge is 2.15. The van der Waals surface area contributed by atoms with Gasteiger partial charge >= 0.3 is 0 Å². The van der Waals surface area contributed by atoms with Gasteiger partial charge < -0.3 is 5.32 Å². The fourth-order valence-corrected chi connectivity index (χ4v) is 1.95. The number of benzene rings is 1. The summed E-state index contributed by atoms with van der Waals surface area (Å²) in [5, 5.41) is 4.03. The van der Waals surface area contributed by atoms with Crippen LogP contribution in [0.4, 0.5) is 0 Å². The first-order valence-corrected chi connectivity index (χ1v) is 6.09. The van der Waals surface area contributed by atoms with Crippen molar-refractivity contribution < 1.29 is 4.79 Å². The van der Waals surface area contributed by atoms with Crippen LogP contribution in [0.5, 0.6) is 0 Å². The molecule has 1 heterocycles. The summed E-state index contributed by atoms with van der Waals surface area (Å²) in [6, 6.07) is 9.84. The molecule has 0 aliphatic carbocycles. The van der Waals surface area contributed by atoms with Crippen molar-refractivity contribution in [3.63, 3.8) is 0 Å². The molecule has 0 spiro atoms. The van der Waals surface area contributed by atoms with Crippen molar-refractivity contribution in [1.82, 2.24) is 10.3 Å². The minimum Gasteiger partial charge on any atom is -0.351 e.